The number of halogens is 1. The Morgan fingerprint density at radius 2 is 1.63 bits per heavy atom. The predicted octanol–water partition coefficient (Wildman–Crippen LogP) is 5.52. The van der Waals surface area contributed by atoms with Crippen LogP contribution in [0.3, 0.4) is 0 Å². The maximum atomic E-state index is 6.56. The molecule has 2 aromatic rings. The summed E-state index contributed by atoms with van der Waals surface area (Å²) in [4.78, 5) is 0. The van der Waals surface area contributed by atoms with Gasteiger partial charge in [-0.1, -0.05) is 67.9 Å². The van der Waals surface area contributed by atoms with Crippen molar-refractivity contribution in [2.24, 2.45) is 5.92 Å². The molecule has 19 heavy (non-hydrogen) atoms. The Bertz CT molecular complexity index is 526. The molecule has 0 saturated carbocycles. The minimum atomic E-state index is -0.0620. The molecule has 1 heteroatoms. The van der Waals surface area contributed by atoms with Crippen LogP contribution in [0.25, 0.3) is 0 Å². The van der Waals surface area contributed by atoms with Crippen LogP contribution in [-0.2, 0) is 6.42 Å². The summed E-state index contributed by atoms with van der Waals surface area (Å²) in [6.07, 6.45) is 1.12. The molecule has 0 amide bonds. The Labute approximate surface area is 121 Å². The first-order valence-corrected chi connectivity index (χ1v) is 7.29. The maximum absolute atomic E-state index is 6.56. The van der Waals surface area contributed by atoms with Gasteiger partial charge in [0.2, 0.25) is 0 Å². The van der Waals surface area contributed by atoms with E-state index in [0.29, 0.717) is 5.92 Å². The van der Waals surface area contributed by atoms with Gasteiger partial charge in [0.25, 0.3) is 0 Å². The minimum Gasteiger partial charge on any atom is -0.113 e. The molecule has 0 nitrogen and oxygen atoms in total. The highest BCUT2D eigenvalue weighted by atomic mass is 35.5. The second-order valence-electron chi connectivity index (χ2n) is 5.62. The van der Waals surface area contributed by atoms with E-state index in [9.17, 15) is 0 Å². The van der Waals surface area contributed by atoms with E-state index in [4.69, 9.17) is 11.6 Å². The number of benzene rings is 2. The van der Waals surface area contributed by atoms with Crippen molar-refractivity contribution in [1.29, 1.82) is 0 Å². The van der Waals surface area contributed by atoms with Crippen LogP contribution in [0, 0.1) is 12.8 Å². The summed E-state index contributed by atoms with van der Waals surface area (Å²) < 4.78 is 0. The highest BCUT2D eigenvalue weighted by molar-refractivity contribution is 6.22. The van der Waals surface area contributed by atoms with E-state index in [-0.39, 0.29) is 5.38 Å². The van der Waals surface area contributed by atoms with Crippen LogP contribution in [-0.4, -0.2) is 0 Å². The molecule has 0 bridgehead atoms. The van der Waals surface area contributed by atoms with Crippen molar-refractivity contribution in [1.82, 2.24) is 0 Å². The van der Waals surface area contributed by atoms with Gasteiger partial charge in [0.15, 0.2) is 0 Å². The number of hydrogen-bond donors (Lipinski definition) is 0. The van der Waals surface area contributed by atoms with Gasteiger partial charge in [-0.3, -0.25) is 0 Å². The zero-order valence-electron chi connectivity index (χ0n) is 11.9. The van der Waals surface area contributed by atoms with E-state index in [1.54, 1.807) is 0 Å². The Balaban J connectivity index is 2.17. The van der Waals surface area contributed by atoms with Crippen molar-refractivity contribution >= 4 is 11.6 Å². The molecule has 1 unspecified atom stereocenters. The summed E-state index contributed by atoms with van der Waals surface area (Å²) in [5.74, 6) is 0.689. The lowest BCUT2D eigenvalue weighted by atomic mass is 9.98. The third-order valence-corrected chi connectivity index (χ3v) is 3.76. The number of aryl methyl sites for hydroxylation is 1. The van der Waals surface area contributed by atoms with E-state index in [2.05, 4.69) is 69.3 Å². The molecule has 0 radical (unpaired) electrons. The molecular formula is C18H21Cl. The van der Waals surface area contributed by atoms with E-state index in [0.717, 1.165) is 6.42 Å². The Morgan fingerprint density at radius 3 is 2.21 bits per heavy atom. The molecule has 0 aliphatic heterocycles. The number of alkyl halides is 1. The van der Waals surface area contributed by atoms with Crippen molar-refractivity contribution < 1.29 is 0 Å². The summed E-state index contributed by atoms with van der Waals surface area (Å²) >= 11 is 6.56. The summed E-state index contributed by atoms with van der Waals surface area (Å²) in [6, 6.07) is 17.1. The van der Waals surface area contributed by atoms with Crippen molar-refractivity contribution in [3.63, 3.8) is 0 Å². The van der Waals surface area contributed by atoms with Crippen LogP contribution < -0.4 is 0 Å². The molecule has 0 aliphatic carbocycles. The van der Waals surface area contributed by atoms with Gasteiger partial charge in [-0.15, -0.1) is 11.6 Å². The molecule has 0 aromatic heterocycles. The molecular weight excluding hydrogens is 252 g/mol. The smallest absolute Gasteiger partial charge is 0.0835 e. The first kappa shape index (κ1) is 14.1. The topological polar surface area (TPSA) is 0 Å². The van der Waals surface area contributed by atoms with Gasteiger partial charge >= 0.3 is 0 Å². The lowest BCUT2D eigenvalue weighted by Crippen LogP contribution is -1.97. The lowest BCUT2D eigenvalue weighted by molar-refractivity contribution is 0.647. The fourth-order valence-electron chi connectivity index (χ4n) is 2.31. The molecule has 0 N–H and O–H groups in total. The second-order valence-corrected chi connectivity index (χ2v) is 6.05. The average Bonchev–Trinajstić information content (AvgIpc) is 2.38. The Morgan fingerprint density at radius 1 is 0.947 bits per heavy atom. The van der Waals surface area contributed by atoms with Crippen LogP contribution >= 0.6 is 11.6 Å². The van der Waals surface area contributed by atoms with Crippen molar-refractivity contribution in [2.45, 2.75) is 32.6 Å². The number of rotatable bonds is 4. The zero-order chi connectivity index (χ0) is 13.8. The van der Waals surface area contributed by atoms with Gasteiger partial charge in [-0.05, 0) is 36.0 Å². The van der Waals surface area contributed by atoms with Crippen molar-refractivity contribution in [2.75, 3.05) is 0 Å². The van der Waals surface area contributed by atoms with Crippen LogP contribution in [0.2, 0.25) is 0 Å². The molecule has 2 aromatic carbocycles. The van der Waals surface area contributed by atoms with Crippen LogP contribution in [0.1, 0.15) is 41.5 Å². The SMILES string of the molecule is Cc1cccc(C(Cl)c2ccc(CC(C)C)cc2)c1. The fourth-order valence-corrected chi connectivity index (χ4v) is 2.60. The van der Waals surface area contributed by atoms with Gasteiger partial charge in [-0.25, -0.2) is 0 Å². The maximum Gasteiger partial charge on any atom is 0.0835 e. The highest BCUT2D eigenvalue weighted by Crippen LogP contribution is 2.29. The van der Waals surface area contributed by atoms with Crippen molar-refractivity contribution in [3.05, 3.63) is 70.8 Å². The first-order chi connectivity index (χ1) is 9.06. The molecule has 2 rings (SSSR count). The van der Waals surface area contributed by atoms with E-state index < -0.39 is 0 Å². The molecule has 0 spiro atoms. The third kappa shape index (κ3) is 3.84. The van der Waals surface area contributed by atoms with Gasteiger partial charge < -0.3 is 0 Å². The molecule has 1 atom stereocenters. The third-order valence-electron chi connectivity index (χ3n) is 3.25. The zero-order valence-corrected chi connectivity index (χ0v) is 12.6. The Kier molecular flexibility index (Phi) is 4.66. The quantitative estimate of drug-likeness (QED) is 0.643. The van der Waals surface area contributed by atoms with E-state index in [1.807, 2.05) is 0 Å². The van der Waals surface area contributed by atoms with Crippen LogP contribution in [0.15, 0.2) is 48.5 Å². The van der Waals surface area contributed by atoms with Crippen LogP contribution in [0.5, 0.6) is 0 Å². The molecule has 0 heterocycles. The average molecular weight is 273 g/mol. The van der Waals surface area contributed by atoms with Crippen molar-refractivity contribution in [3.8, 4) is 0 Å². The summed E-state index contributed by atoms with van der Waals surface area (Å²) in [5.41, 5.74) is 4.96. The summed E-state index contributed by atoms with van der Waals surface area (Å²) in [5, 5.41) is -0.0620. The first-order valence-electron chi connectivity index (χ1n) is 6.85. The molecule has 0 aliphatic rings. The predicted molar refractivity (Wildman–Crippen MR) is 83.9 cm³/mol. The summed E-state index contributed by atoms with van der Waals surface area (Å²) in [6.45, 7) is 6.58. The van der Waals surface area contributed by atoms with Gasteiger partial charge in [0, 0.05) is 0 Å². The van der Waals surface area contributed by atoms with E-state index >= 15 is 0 Å². The molecule has 0 saturated heterocycles. The van der Waals surface area contributed by atoms with Crippen LogP contribution in [0.4, 0.5) is 0 Å². The second kappa shape index (κ2) is 6.25. The van der Waals surface area contributed by atoms with Gasteiger partial charge in [-0.2, -0.15) is 0 Å². The molecule has 0 fully saturated rings. The monoisotopic (exact) mass is 272 g/mol. The standard InChI is InChI=1S/C18H21Cl/c1-13(2)11-15-7-9-16(10-8-15)18(19)17-6-4-5-14(3)12-17/h4-10,12-13,18H,11H2,1-3H3. The lowest BCUT2D eigenvalue weighted by Gasteiger charge is -2.12. The van der Waals surface area contributed by atoms with E-state index in [1.165, 1.54) is 22.3 Å². The van der Waals surface area contributed by atoms with Gasteiger partial charge in [0.05, 0.1) is 5.38 Å². The molecule has 100 valence electrons. The Hall–Kier alpha value is -1.27. The normalized spacial score (nSPS) is 12.7. The highest BCUT2D eigenvalue weighted by Gasteiger charge is 2.10. The fraction of sp³-hybridized carbons (Fsp3) is 0.333. The minimum absolute atomic E-state index is 0.0620. The number of hydrogen-bond acceptors (Lipinski definition) is 0. The summed E-state index contributed by atoms with van der Waals surface area (Å²) in [7, 11) is 0. The van der Waals surface area contributed by atoms with Gasteiger partial charge in [0.1, 0.15) is 0 Å². The largest absolute Gasteiger partial charge is 0.113 e.